The van der Waals surface area contributed by atoms with E-state index >= 15 is 0 Å². The first kappa shape index (κ1) is 34.7. The van der Waals surface area contributed by atoms with E-state index in [4.69, 9.17) is 4.55 Å². The van der Waals surface area contributed by atoms with Crippen LogP contribution in [0, 0.1) is 0 Å². The molecule has 34 heavy (non-hydrogen) atoms. The second-order valence-electron chi connectivity index (χ2n) is 7.98. The summed E-state index contributed by atoms with van der Waals surface area (Å²) in [5, 5.41) is 10.2. The van der Waals surface area contributed by atoms with E-state index in [9.17, 15) is 31.0 Å². The van der Waals surface area contributed by atoms with Crippen LogP contribution in [0.25, 0.3) is 0 Å². The zero-order valence-corrected chi connectivity index (χ0v) is 23.6. The van der Waals surface area contributed by atoms with Crippen molar-refractivity contribution in [2.24, 2.45) is 0 Å². The predicted octanol–water partition coefficient (Wildman–Crippen LogP) is -2.21. The minimum absolute atomic E-state index is 0. The summed E-state index contributed by atoms with van der Waals surface area (Å²) in [4.78, 5) is 22.4. The van der Waals surface area contributed by atoms with Gasteiger partial charge >= 0.3 is 41.6 Å². The molecular weight excluding hydrogens is 499 g/mol. The van der Waals surface area contributed by atoms with Crippen LogP contribution in [0.5, 0.6) is 0 Å². The van der Waals surface area contributed by atoms with Crippen LogP contribution in [0.15, 0.2) is 30.3 Å². The van der Waals surface area contributed by atoms with Crippen LogP contribution in [0.3, 0.4) is 0 Å². The molecule has 1 aromatic rings. The topological polar surface area (TPSA) is 194 Å². The summed E-state index contributed by atoms with van der Waals surface area (Å²) in [5.74, 6) is -0.811. The summed E-state index contributed by atoms with van der Waals surface area (Å²) in [5.41, 5.74) is 0.641. The molecule has 12 nitrogen and oxygen atoms in total. The van der Waals surface area contributed by atoms with Crippen molar-refractivity contribution in [2.45, 2.75) is 45.7 Å². The first-order valence-corrected chi connectivity index (χ1v) is 13.3. The van der Waals surface area contributed by atoms with Crippen molar-refractivity contribution in [1.29, 1.82) is 0 Å². The molecule has 0 heterocycles. The van der Waals surface area contributed by atoms with Gasteiger partial charge in [0.1, 0.15) is 0 Å². The standard InChI is InChI=1S/C11H16N2O4S.C8H18N2O4S.Na/c14-11(12-7-4-8-18(15,16)17)13-9-10-5-2-1-3-6-10;1-8(2,3)10-7(11)9-5-4-6-15(12,13)14;/h1-3,5-6H,4,7-9H2,(H2,12,13,14)(H,15,16,17);4-6H2,1-3H3,(H2,9,10,11)(H,12,13,14);/q;;+1/p-1. The van der Waals surface area contributed by atoms with Crippen LogP contribution in [0.2, 0.25) is 0 Å². The summed E-state index contributed by atoms with van der Waals surface area (Å²) in [6.45, 7) is 6.27. The molecule has 1 aromatic carbocycles. The maximum atomic E-state index is 11.3. The van der Waals surface area contributed by atoms with Crippen LogP contribution in [0.4, 0.5) is 9.59 Å². The number of rotatable bonds is 10. The third-order valence-electron chi connectivity index (χ3n) is 3.51. The van der Waals surface area contributed by atoms with Crippen LogP contribution in [-0.4, -0.2) is 68.1 Å². The SMILES string of the molecule is CC(C)(C)NC(=O)NCCCS(=O)(=O)O.O=C(NCCCS(=O)(=O)[O-])NCc1ccccc1.[Na+]. The molecule has 0 spiro atoms. The normalized spacial score (nSPS) is 11.2. The number of benzene rings is 1. The molecular formula is C19H33N4NaO8S2. The minimum atomic E-state index is -4.20. The van der Waals surface area contributed by atoms with E-state index in [1.807, 2.05) is 51.1 Å². The van der Waals surface area contributed by atoms with Gasteiger partial charge in [0.15, 0.2) is 0 Å². The minimum Gasteiger partial charge on any atom is -0.748 e. The predicted molar refractivity (Wildman–Crippen MR) is 123 cm³/mol. The van der Waals surface area contributed by atoms with Gasteiger partial charge in [-0.3, -0.25) is 4.55 Å². The van der Waals surface area contributed by atoms with Crippen molar-refractivity contribution < 1.29 is 65.1 Å². The number of urea groups is 2. The van der Waals surface area contributed by atoms with Gasteiger partial charge in [0.25, 0.3) is 10.1 Å². The first-order valence-electron chi connectivity index (χ1n) is 10.1. The fraction of sp³-hybridized carbons (Fsp3) is 0.579. The van der Waals surface area contributed by atoms with Crippen LogP contribution >= 0.6 is 0 Å². The molecule has 0 bridgehead atoms. The molecule has 0 aliphatic carbocycles. The molecule has 0 radical (unpaired) electrons. The van der Waals surface area contributed by atoms with Gasteiger partial charge in [-0.05, 0) is 39.2 Å². The van der Waals surface area contributed by atoms with Gasteiger partial charge in [-0.25, -0.2) is 18.0 Å². The molecule has 0 aliphatic rings. The molecule has 5 N–H and O–H groups in total. The Bertz CT molecular complexity index is 937. The van der Waals surface area contributed by atoms with Gasteiger partial charge in [-0.1, -0.05) is 30.3 Å². The van der Waals surface area contributed by atoms with Crippen molar-refractivity contribution in [3.05, 3.63) is 35.9 Å². The van der Waals surface area contributed by atoms with E-state index in [-0.39, 0.29) is 78.8 Å². The summed E-state index contributed by atoms with van der Waals surface area (Å²) >= 11 is 0. The van der Waals surface area contributed by atoms with Gasteiger partial charge < -0.3 is 25.8 Å². The van der Waals surface area contributed by atoms with Gasteiger partial charge in [0.2, 0.25) is 0 Å². The van der Waals surface area contributed by atoms with Crippen molar-refractivity contribution in [3.63, 3.8) is 0 Å². The van der Waals surface area contributed by atoms with E-state index in [0.29, 0.717) is 6.54 Å². The van der Waals surface area contributed by atoms with Crippen molar-refractivity contribution in [1.82, 2.24) is 21.3 Å². The third-order valence-corrected chi connectivity index (χ3v) is 5.10. The number of hydrogen-bond acceptors (Lipinski definition) is 7. The maximum absolute atomic E-state index is 11.3. The summed E-state index contributed by atoms with van der Waals surface area (Å²) in [7, 11) is -8.13. The Labute approximate surface area is 223 Å². The van der Waals surface area contributed by atoms with Crippen LogP contribution in [0.1, 0.15) is 39.2 Å². The number of carbonyl (C=O) groups is 2. The zero-order valence-electron chi connectivity index (χ0n) is 20.0. The van der Waals surface area contributed by atoms with E-state index < -0.39 is 26.0 Å². The number of hydrogen-bond donors (Lipinski definition) is 5. The van der Waals surface area contributed by atoms with Crippen molar-refractivity contribution in [3.8, 4) is 0 Å². The Morgan fingerprint density at radius 3 is 1.85 bits per heavy atom. The Morgan fingerprint density at radius 2 is 1.38 bits per heavy atom. The fourth-order valence-electron chi connectivity index (χ4n) is 2.13. The molecule has 190 valence electrons. The molecule has 0 fully saturated rings. The molecule has 0 saturated carbocycles. The molecule has 15 heteroatoms. The number of amides is 4. The maximum Gasteiger partial charge on any atom is 1.00 e. The largest absolute Gasteiger partial charge is 1.00 e. The second kappa shape index (κ2) is 17.1. The van der Waals surface area contributed by atoms with Gasteiger partial charge in [0.05, 0.1) is 15.9 Å². The molecule has 4 amide bonds. The Balaban J connectivity index is 0. The quantitative estimate of drug-likeness (QED) is 0.127. The first-order chi connectivity index (χ1) is 15.1. The number of nitrogens with one attached hydrogen (secondary N) is 4. The Kier molecular flexibility index (Phi) is 17.5. The third kappa shape index (κ3) is 25.2. The summed E-state index contributed by atoms with van der Waals surface area (Å²) in [6, 6.07) is 8.64. The van der Waals surface area contributed by atoms with Crippen molar-refractivity contribution >= 4 is 32.3 Å². The summed E-state index contributed by atoms with van der Waals surface area (Å²) < 4.78 is 60.0. The smallest absolute Gasteiger partial charge is 0.748 e. The van der Waals surface area contributed by atoms with E-state index in [1.165, 1.54) is 0 Å². The fourth-order valence-corrected chi connectivity index (χ4v) is 3.14. The monoisotopic (exact) mass is 532 g/mol. The zero-order chi connectivity index (χ0) is 25.5. The van der Waals surface area contributed by atoms with Crippen LogP contribution in [-0.2, 0) is 26.8 Å². The van der Waals surface area contributed by atoms with Crippen LogP contribution < -0.4 is 50.8 Å². The number of carbonyl (C=O) groups excluding carboxylic acids is 2. The van der Waals surface area contributed by atoms with Gasteiger partial charge in [-0.15, -0.1) is 0 Å². The van der Waals surface area contributed by atoms with E-state index in [1.54, 1.807) is 0 Å². The van der Waals surface area contributed by atoms with E-state index in [0.717, 1.165) is 5.56 Å². The van der Waals surface area contributed by atoms with E-state index in [2.05, 4.69) is 21.3 Å². The molecule has 0 aliphatic heterocycles. The molecule has 0 aromatic heterocycles. The van der Waals surface area contributed by atoms with Gasteiger partial charge in [0, 0.05) is 30.9 Å². The molecule has 0 atom stereocenters. The summed E-state index contributed by atoms with van der Waals surface area (Å²) in [6.07, 6.45) is 0.307. The average Bonchev–Trinajstić information content (AvgIpc) is 2.66. The second-order valence-corrected chi connectivity index (χ2v) is 11.1. The molecule has 0 unspecified atom stereocenters. The molecule has 0 saturated heterocycles. The Hall–Kier alpha value is -1.42. The molecule has 1 rings (SSSR count). The Morgan fingerprint density at radius 1 is 0.882 bits per heavy atom. The van der Waals surface area contributed by atoms with Gasteiger partial charge in [-0.2, -0.15) is 8.42 Å². The average molecular weight is 533 g/mol. The van der Waals surface area contributed by atoms with Crippen molar-refractivity contribution in [2.75, 3.05) is 24.6 Å².